The maximum absolute atomic E-state index is 12.8. The molecule has 0 radical (unpaired) electrons. The Morgan fingerprint density at radius 2 is 1.70 bits per heavy atom. The third kappa shape index (κ3) is 2.70. The lowest BCUT2D eigenvalue weighted by Crippen LogP contribution is -2.57. The third-order valence-corrected chi connectivity index (χ3v) is 2.79. The zero-order valence-corrected chi connectivity index (χ0v) is 10.1. The predicted octanol–water partition coefficient (Wildman–Crippen LogP) is 3.54. The lowest BCUT2D eigenvalue weighted by molar-refractivity contribution is -0.324. The average molecular weight is 300 g/mol. The molecule has 0 saturated carbocycles. The van der Waals surface area contributed by atoms with Gasteiger partial charge in [0.2, 0.25) is 11.3 Å². The van der Waals surface area contributed by atoms with Crippen molar-refractivity contribution in [3.8, 4) is 0 Å². The van der Waals surface area contributed by atoms with Gasteiger partial charge in [0.15, 0.2) is 0 Å². The molecule has 0 aliphatic carbocycles. The number of halogens is 6. The van der Waals surface area contributed by atoms with Gasteiger partial charge in [-0.2, -0.15) is 26.3 Å². The van der Waals surface area contributed by atoms with E-state index in [0.29, 0.717) is 6.92 Å². The summed E-state index contributed by atoms with van der Waals surface area (Å²) < 4.78 is 76.9. The highest BCUT2D eigenvalue weighted by atomic mass is 19.4. The quantitative estimate of drug-likeness (QED) is 0.868. The van der Waals surface area contributed by atoms with Crippen LogP contribution in [0.15, 0.2) is 24.4 Å². The monoisotopic (exact) mass is 300 g/mol. The highest BCUT2D eigenvalue weighted by molar-refractivity contribution is 5.95. The molecule has 0 atom stereocenters. The minimum Gasteiger partial charge on any atom is -0.310 e. The molecule has 9 heteroatoms. The van der Waals surface area contributed by atoms with Gasteiger partial charge < -0.3 is 5.32 Å². The van der Waals surface area contributed by atoms with Crippen LogP contribution in [0.2, 0.25) is 0 Å². The van der Waals surface area contributed by atoms with E-state index in [2.05, 4.69) is 4.98 Å². The van der Waals surface area contributed by atoms with Crippen LogP contribution >= 0.6 is 0 Å². The fourth-order valence-corrected chi connectivity index (χ4v) is 1.64. The van der Waals surface area contributed by atoms with Crippen LogP contribution in [0.1, 0.15) is 13.3 Å². The van der Waals surface area contributed by atoms with Gasteiger partial charge in [0.05, 0.1) is 0 Å². The molecule has 1 aromatic rings. The summed E-state index contributed by atoms with van der Waals surface area (Å²) in [6, 6.07) is 3.80. The molecule has 112 valence electrons. The number of nitrogens with zero attached hydrogens (tertiary/aromatic N) is 1. The van der Waals surface area contributed by atoms with Crippen LogP contribution in [-0.4, -0.2) is 23.2 Å². The molecule has 20 heavy (non-hydrogen) atoms. The molecule has 0 aliphatic heterocycles. The van der Waals surface area contributed by atoms with Crippen molar-refractivity contribution in [3.05, 3.63) is 24.4 Å². The van der Waals surface area contributed by atoms with Crippen molar-refractivity contribution in [2.75, 3.05) is 5.32 Å². The van der Waals surface area contributed by atoms with Crippen LogP contribution in [-0.2, 0) is 4.79 Å². The molecule has 0 unspecified atom stereocenters. The van der Waals surface area contributed by atoms with Crippen LogP contribution in [0, 0.1) is 5.41 Å². The first-order valence-electron chi connectivity index (χ1n) is 5.42. The van der Waals surface area contributed by atoms with Crippen molar-refractivity contribution in [1.82, 2.24) is 4.98 Å². The van der Waals surface area contributed by atoms with Gasteiger partial charge in [-0.25, -0.2) is 4.98 Å². The lowest BCUT2D eigenvalue weighted by atomic mass is 9.82. The van der Waals surface area contributed by atoms with E-state index in [4.69, 9.17) is 0 Å². The van der Waals surface area contributed by atoms with Crippen LogP contribution in [0.5, 0.6) is 0 Å². The van der Waals surface area contributed by atoms with E-state index in [9.17, 15) is 31.1 Å². The second-order valence-corrected chi connectivity index (χ2v) is 3.92. The molecule has 1 rings (SSSR count). The number of amides is 1. The van der Waals surface area contributed by atoms with Gasteiger partial charge in [-0.1, -0.05) is 13.0 Å². The number of anilines is 1. The molecule has 0 fully saturated rings. The Labute approximate surface area is 110 Å². The number of carbonyl (C=O) groups is 1. The van der Waals surface area contributed by atoms with Crippen molar-refractivity contribution < 1.29 is 31.1 Å². The van der Waals surface area contributed by atoms with E-state index in [-0.39, 0.29) is 5.82 Å². The first-order chi connectivity index (χ1) is 9.06. The normalized spacial score (nSPS) is 13.2. The average Bonchev–Trinajstić information content (AvgIpc) is 2.27. The van der Waals surface area contributed by atoms with Gasteiger partial charge in [0, 0.05) is 6.20 Å². The molecule has 0 bridgehead atoms. The van der Waals surface area contributed by atoms with E-state index in [1.165, 1.54) is 12.1 Å². The summed E-state index contributed by atoms with van der Waals surface area (Å²) in [6.07, 6.45) is -11.9. The van der Waals surface area contributed by atoms with Gasteiger partial charge in [-0.05, 0) is 18.6 Å². The van der Waals surface area contributed by atoms with Crippen molar-refractivity contribution in [2.24, 2.45) is 5.41 Å². The Bertz CT molecular complexity index is 454. The molecule has 1 N–H and O–H groups in total. The Morgan fingerprint density at radius 3 is 2.05 bits per heavy atom. The fourth-order valence-electron chi connectivity index (χ4n) is 1.64. The number of hydrogen-bond acceptors (Lipinski definition) is 2. The molecule has 0 aliphatic rings. The molecule has 1 amide bonds. The van der Waals surface area contributed by atoms with E-state index < -0.39 is 30.1 Å². The van der Waals surface area contributed by atoms with Crippen molar-refractivity contribution in [1.29, 1.82) is 0 Å². The largest absolute Gasteiger partial charge is 0.412 e. The molecule has 1 aromatic heterocycles. The minimum atomic E-state index is -5.77. The van der Waals surface area contributed by atoms with Crippen molar-refractivity contribution >= 4 is 11.7 Å². The molecule has 3 nitrogen and oxygen atoms in total. The summed E-state index contributed by atoms with van der Waals surface area (Å²) in [7, 11) is 0. The summed E-state index contributed by atoms with van der Waals surface area (Å²) in [5.74, 6) is -2.58. The molecular formula is C11H10F6N2O. The highest BCUT2D eigenvalue weighted by Crippen LogP contribution is 2.53. The molecular weight excluding hydrogens is 290 g/mol. The number of carbonyl (C=O) groups excluding carboxylic acids is 1. The summed E-state index contributed by atoms with van der Waals surface area (Å²) in [4.78, 5) is 15.0. The zero-order chi connectivity index (χ0) is 15.6. The van der Waals surface area contributed by atoms with Gasteiger partial charge in [0.1, 0.15) is 5.82 Å². The van der Waals surface area contributed by atoms with Gasteiger partial charge in [-0.15, -0.1) is 0 Å². The SMILES string of the molecule is CCC(C(=O)Nc1ccccn1)(C(F)(F)F)C(F)(F)F. The van der Waals surface area contributed by atoms with Crippen LogP contribution in [0.25, 0.3) is 0 Å². The van der Waals surface area contributed by atoms with Gasteiger partial charge in [0.25, 0.3) is 0 Å². The fraction of sp³-hybridized carbons (Fsp3) is 0.455. The Balaban J connectivity index is 3.22. The van der Waals surface area contributed by atoms with Gasteiger partial charge in [-0.3, -0.25) is 4.79 Å². The van der Waals surface area contributed by atoms with E-state index in [0.717, 1.165) is 12.3 Å². The van der Waals surface area contributed by atoms with E-state index in [1.54, 1.807) is 5.32 Å². The smallest absolute Gasteiger partial charge is 0.310 e. The molecule has 0 spiro atoms. The van der Waals surface area contributed by atoms with Crippen LogP contribution in [0.3, 0.4) is 0 Å². The maximum atomic E-state index is 12.8. The molecule has 0 saturated heterocycles. The Kier molecular flexibility index (Phi) is 4.30. The zero-order valence-electron chi connectivity index (χ0n) is 10.1. The second kappa shape index (κ2) is 5.29. The number of hydrogen-bond donors (Lipinski definition) is 1. The minimum absolute atomic E-state index is 0.385. The third-order valence-electron chi connectivity index (χ3n) is 2.79. The van der Waals surface area contributed by atoms with Crippen molar-refractivity contribution in [2.45, 2.75) is 25.7 Å². The topological polar surface area (TPSA) is 42.0 Å². The van der Waals surface area contributed by atoms with E-state index in [1.807, 2.05) is 0 Å². The summed E-state index contributed by atoms with van der Waals surface area (Å²) in [5.41, 5.74) is -4.46. The number of rotatable bonds is 3. The Morgan fingerprint density at radius 1 is 1.15 bits per heavy atom. The molecule has 1 heterocycles. The first kappa shape index (κ1) is 16.3. The Hall–Kier alpha value is -1.80. The number of aromatic nitrogens is 1. The maximum Gasteiger partial charge on any atom is 0.412 e. The van der Waals surface area contributed by atoms with Crippen molar-refractivity contribution in [3.63, 3.8) is 0 Å². The van der Waals surface area contributed by atoms with E-state index >= 15 is 0 Å². The lowest BCUT2D eigenvalue weighted by Gasteiger charge is -2.34. The number of pyridine rings is 1. The highest BCUT2D eigenvalue weighted by Gasteiger charge is 2.74. The standard InChI is InChI=1S/C11H10F6N2O/c1-2-9(10(12,13)14,11(15,16)17)8(20)19-7-5-3-4-6-18-7/h3-6H,2H2,1H3,(H,18,19,20). The van der Waals surface area contributed by atoms with Crippen LogP contribution < -0.4 is 5.32 Å². The summed E-state index contributed by atoms with van der Waals surface area (Å²) in [5, 5.41) is 1.56. The summed E-state index contributed by atoms with van der Waals surface area (Å²) >= 11 is 0. The molecule has 0 aromatic carbocycles. The first-order valence-corrected chi connectivity index (χ1v) is 5.42. The summed E-state index contributed by atoms with van der Waals surface area (Å²) in [6.45, 7) is 0.652. The van der Waals surface area contributed by atoms with Crippen LogP contribution in [0.4, 0.5) is 32.2 Å². The second-order valence-electron chi connectivity index (χ2n) is 3.92. The predicted molar refractivity (Wildman–Crippen MR) is 57.7 cm³/mol. The van der Waals surface area contributed by atoms with Gasteiger partial charge >= 0.3 is 12.4 Å². The number of alkyl halides is 6. The number of nitrogens with one attached hydrogen (secondary N) is 1.